The Morgan fingerprint density at radius 1 is 0.886 bits per heavy atom. The maximum atomic E-state index is 14.5. The maximum absolute atomic E-state index is 14.5. The number of hydrogen-bond donors (Lipinski definition) is 1. The number of nitrogens with two attached hydrogens (primary N) is 1. The summed E-state index contributed by atoms with van der Waals surface area (Å²) < 4.78 is 56.6. The first-order valence-corrected chi connectivity index (χ1v) is 10.6. The van der Waals surface area contributed by atoms with E-state index in [9.17, 15) is 27.2 Å². The van der Waals surface area contributed by atoms with Crippen LogP contribution in [0.15, 0.2) is 88.5 Å². The van der Waals surface area contributed by atoms with Crippen molar-refractivity contribution < 1.29 is 17.6 Å². The molecule has 180 valence electrons. The first kappa shape index (κ1) is 24.1. The molecule has 0 saturated carbocycles. The van der Waals surface area contributed by atoms with Gasteiger partial charge in [-0.2, -0.15) is 18.3 Å². The quantitative estimate of drug-likeness (QED) is 0.420. The highest BCUT2D eigenvalue weighted by Crippen LogP contribution is 2.32. The lowest BCUT2D eigenvalue weighted by atomic mass is 10.1. The number of hydrogen-bond acceptors (Lipinski definition) is 4. The molecule has 4 rings (SSSR count). The molecular weight excluding hydrogens is 464 g/mol. The van der Waals surface area contributed by atoms with E-state index in [1.54, 1.807) is 30.3 Å². The van der Waals surface area contributed by atoms with Crippen molar-refractivity contribution in [3.63, 3.8) is 0 Å². The van der Waals surface area contributed by atoms with Crippen LogP contribution in [-0.2, 0) is 19.3 Å². The fourth-order valence-corrected chi connectivity index (χ4v) is 3.75. The van der Waals surface area contributed by atoms with Crippen molar-refractivity contribution in [3.8, 4) is 11.3 Å². The fraction of sp³-hybridized carbons (Fsp3) is 0.160. The summed E-state index contributed by atoms with van der Waals surface area (Å²) >= 11 is 0. The van der Waals surface area contributed by atoms with E-state index in [0.29, 0.717) is 5.56 Å². The van der Waals surface area contributed by atoms with E-state index in [2.05, 4.69) is 5.10 Å². The van der Waals surface area contributed by atoms with Crippen LogP contribution in [-0.4, -0.2) is 14.3 Å². The molecule has 0 aliphatic rings. The second kappa shape index (κ2) is 9.67. The van der Waals surface area contributed by atoms with E-state index in [-0.39, 0.29) is 17.7 Å². The van der Waals surface area contributed by atoms with Gasteiger partial charge in [0.2, 0.25) is 0 Å². The highest BCUT2D eigenvalue weighted by atomic mass is 19.4. The van der Waals surface area contributed by atoms with Crippen molar-refractivity contribution in [2.75, 3.05) is 0 Å². The van der Waals surface area contributed by atoms with Crippen LogP contribution in [0.1, 0.15) is 22.7 Å². The van der Waals surface area contributed by atoms with Crippen LogP contribution in [0, 0.1) is 5.82 Å². The minimum absolute atomic E-state index is 0.183. The molecule has 1 unspecified atom stereocenters. The van der Waals surface area contributed by atoms with E-state index in [4.69, 9.17) is 5.73 Å². The zero-order valence-corrected chi connectivity index (χ0v) is 18.2. The Kier molecular flexibility index (Phi) is 6.65. The summed E-state index contributed by atoms with van der Waals surface area (Å²) in [6.45, 7) is -0.872. The Hall–Kier alpha value is -4.05. The second-order valence-electron chi connectivity index (χ2n) is 7.86. The molecule has 6 nitrogen and oxygen atoms in total. The van der Waals surface area contributed by atoms with E-state index < -0.39 is 47.1 Å². The lowest BCUT2D eigenvalue weighted by molar-refractivity contribution is -0.138. The highest BCUT2D eigenvalue weighted by molar-refractivity contribution is 5.58. The number of rotatable bonds is 6. The molecule has 0 bridgehead atoms. The summed E-state index contributed by atoms with van der Waals surface area (Å²) in [5, 5.41) is 3.98. The molecule has 0 amide bonds. The number of nitrogens with zero attached hydrogens (tertiary/aromatic N) is 3. The molecule has 4 aromatic rings. The first-order chi connectivity index (χ1) is 16.7. The Morgan fingerprint density at radius 2 is 1.51 bits per heavy atom. The predicted octanol–water partition coefficient (Wildman–Crippen LogP) is 3.98. The lowest BCUT2D eigenvalue weighted by Gasteiger charge is -2.17. The molecule has 0 aliphatic heterocycles. The first-order valence-electron chi connectivity index (χ1n) is 10.6. The van der Waals surface area contributed by atoms with Gasteiger partial charge in [-0.1, -0.05) is 60.7 Å². The molecule has 2 N–H and O–H groups in total. The minimum Gasteiger partial charge on any atom is -0.322 e. The van der Waals surface area contributed by atoms with Crippen molar-refractivity contribution in [2.24, 2.45) is 5.73 Å². The van der Waals surface area contributed by atoms with Crippen molar-refractivity contribution in [2.45, 2.75) is 25.3 Å². The molecule has 10 heteroatoms. The van der Waals surface area contributed by atoms with Gasteiger partial charge in [-0.3, -0.25) is 9.36 Å². The molecule has 0 radical (unpaired) electrons. The zero-order valence-electron chi connectivity index (χ0n) is 18.2. The van der Waals surface area contributed by atoms with Crippen LogP contribution >= 0.6 is 0 Å². The van der Waals surface area contributed by atoms with Gasteiger partial charge >= 0.3 is 11.9 Å². The largest absolute Gasteiger partial charge is 0.416 e. The van der Waals surface area contributed by atoms with Crippen molar-refractivity contribution in [1.29, 1.82) is 0 Å². The van der Waals surface area contributed by atoms with E-state index in [1.807, 2.05) is 0 Å². The molecule has 0 fully saturated rings. The van der Waals surface area contributed by atoms with Gasteiger partial charge in [-0.15, -0.1) is 0 Å². The van der Waals surface area contributed by atoms with Gasteiger partial charge in [0.05, 0.1) is 18.7 Å². The average molecular weight is 484 g/mol. The Morgan fingerprint density at radius 3 is 2.20 bits per heavy atom. The third-order valence-electron chi connectivity index (χ3n) is 5.50. The normalized spacial score (nSPS) is 12.5. The Labute approximate surface area is 196 Å². The van der Waals surface area contributed by atoms with E-state index in [0.717, 1.165) is 21.4 Å². The van der Waals surface area contributed by atoms with Crippen LogP contribution < -0.4 is 17.0 Å². The highest BCUT2D eigenvalue weighted by Gasteiger charge is 2.33. The maximum Gasteiger partial charge on any atom is 0.416 e. The van der Waals surface area contributed by atoms with Crippen LogP contribution in [0.3, 0.4) is 0 Å². The molecule has 1 atom stereocenters. The van der Waals surface area contributed by atoms with E-state index in [1.165, 1.54) is 36.4 Å². The van der Waals surface area contributed by atoms with Gasteiger partial charge in [0.25, 0.3) is 5.56 Å². The third-order valence-corrected chi connectivity index (χ3v) is 5.50. The van der Waals surface area contributed by atoms with Crippen LogP contribution in [0.5, 0.6) is 0 Å². The topological polar surface area (TPSA) is 82.9 Å². The molecule has 1 aromatic heterocycles. The van der Waals surface area contributed by atoms with Gasteiger partial charge in [0.1, 0.15) is 5.82 Å². The van der Waals surface area contributed by atoms with Gasteiger partial charge in [-0.25, -0.2) is 13.9 Å². The van der Waals surface area contributed by atoms with Gasteiger partial charge < -0.3 is 5.73 Å². The number of halogens is 4. The lowest BCUT2D eigenvalue weighted by Crippen LogP contribution is -2.44. The van der Waals surface area contributed by atoms with Gasteiger partial charge in [0.15, 0.2) is 5.69 Å². The molecule has 0 spiro atoms. The van der Waals surface area contributed by atoms with Gasteiger partial charge in [0, 0.05) is 11.6 Å². The summed E-state index contributed by atoms with van der Waals surface area (Å²) in [7, 11) is 0. The second-order valence-corrected chi connectivity index (χ2v) is 7.86. The molecule has 0 saturated heterocycles. The summed E-state index contributed by atoms with van der Waals surface area (Å²) in [6, 6.07) is 17.9. The van der Waals surface area contributed by atoms with Crippen molar-refractivity contribution in [1.82, 2.24) is 14.3 Å². The predicted molar refractivity (Wildman–Crippen MR) is 122 cm³/mol. The zero-order chi connectivity index (χ0) is 25.2. The SMILES string of the molecule is NC(Cn1c(=O)c(-c2ccccc2F)nn(Cc2ccccc2C(F)(F)F)c1=O)c1ccccc1. The molecule has 0 aliphatic carbocycles. The molecule has 35 heavy (non-hydrogen) atoms. The molecular formula is C25H20F4N4O2. The van der Waals surface area contributed by atoms with Crippen LogP contribution in [0.4, 0.5) is 17.6 Å². The van der Waals surface area contributed by atoms with Gasteiger partial charge in [-0.05, 0) is 29.3 Å². The van der Waals surface area contributed by atoms with E-state index >= 15 is 0 Å². The standard InChI is InChI=1S/C25H20F4N4O2/c26-20-13-7-5-11-18(20)22-23(34)32(15-21(30)16-8-2-1-3-9-16)24(35)33(31-22)14-17-10-4-6-12-19(17)25(27,28)29/h1-13,21H,14-15,30H2. The third kappa shape index (κ3) is 5.07. The number of aromatic nitrogens is 3. The Balaban J connectivity index is 1.88. The summed E-state index contributed by atoms with van der Waals surface area (Å²) in [5.41, 5.74) is 3.23. The fourth-order valence-electron chi connectivity index (χ4n) is 3.75. The summed E-state index contributed by atoms with van der Waals surface area (Å²) in [6.07, 6.45) is -4.67. The number of alkyl halides is 3. The summed E-state index contributed by atoms with van der Waals surface area (Å²) in [4.78, 5) is 26.4. The molecule has 3 aromatic carbocycles. The van der Waals surface area contributed by atoms with Crippen LogP contribution in [0.25, 0.3) is 11.3 Å². The number of benzene rings is 3. The minimum atomic E-state index is -4.67. The van der Waals surface area contributed by atoms with Crippen molar-refractivity contribution in [3.05, 3.63) is 122 Å². The smallest absolute Gasteiger partial charge is 0.322 e. The average Bonchev–Trinajstić information content (AvgIpc) is 2.84. The van der Waals surface area contributed by atoms with Crippen molar-refractivity contribution >= 4 is 0 Å². The monoisotopic (exact) mass is 484 g/mol. The Bertz CT molecular complexity index is 1460. The molecule has 1 heterocycles. The van der Waals surface area contributed by atoms with Crippen LogP contribution in [0.2, 0.25) is 0 Å². The summed E-state index contributed by atoms with van der Waals surface area (Å²) in [5.74, 6) is -0.767.